The van der Waals surface area contributed by atoms with Gasteiger partial charge in [0.05, 0.1) is 18.9 Å². The van der Waals surface area contributed by atoms with Gasteiger partial charge in [0.2, 0.25) is 5.82 Å². The molecule has 1 amide bonds. The van der Waals surface area contributed by atoms with Crippen LogP contribution in [0.15, 0.2) is 91.1 Å². The van der Waals surface area contributed by atoms with E-state index >= 15 is 0 Å². The second-order valence-corrected chi connectivity index (χ2v) is 27.1. The molecule has 56 heavy (non-hydrogen) atoms. The Morgan fingerprint density at radius 1 is 0.768 bits per heavy atom. The third-order valence-electron chi connectivity index (χ3n) is 10.5. The predicted molar refractivity (Wildman–Crippen MR) is 232 cm³/mol. The van der Waals surface area contributed by atoms with Crippen molar-refractivity contribution in [1.29, 1.82) is 0 Å². The first-order valence-corrected chi connectivity index (χ1v) is 24.7. The molecule has 0 fully saturated rings. The lowest BCUT2D eigenvalue weighted by molar-refractivity contribution is 0.0490. The molecule has 0 saturated heterocycles. The number of esters is 1. The molecule has 11 heteroatoms. The van der Waals surface area contributed by atoms with E-state index in [1.54, 1.807) is 6.92 Å². The molecular formula is C45H65N3O6Si2. The minimum atomic E-state index is -2.77. The Morgan fingerprint density at radius 2 is 1.34 bits per heavy atom. The monoisotopic (exact) mass is 799 g/mol. The highest BCUT2D eigenvalue weighted by molar-refractivity contribution is 6.99. The Balaban J connectivity index is 1.57. The van der Waals surface area contributed by atoms with Gasteiger partial charge in [-0.25, -0.2) is 14.6 Å². The topological polar surface area (TPSA) is 101 Å². The third kappa shape index (κ3) is 11.5. The average Bonchev–Trinajstić information content (AvgIpc) is 3.53. The minimum Gasteiger partial charge on any atom is -0.460 e. The molecule has 4 rings (SSSR count). The molecule has 1 heterocycles. The van der Waals surface area contributed by atoms with E-state index in [-0.39, 0.29) is 28.5 Å². The Labute approximate surface area is 337 Å². The Bertz CT molecular complexity index is 1820. The number of ether oxygens (including phenoxy) is 2. The predicted octanol–water partition coefficient (Wildman–Crippen LogP) is 9.15. The van der Waals surface area contributed by atoms with Crippen LogP contribution in [0.25, 0.3) is 11.3 Å². The molecular weight excluding hydrogens is 735 g/mol. The molecule has 0 spiro atoms. The normalized spacial score (nSPS) is 13.3. The number of aromatic nitrogens is 2. The first-order chi connectivity index (χ1) is 26.2. The maximum Gasteiger partial charge on any atom is 0.407 e. The molecule has 304 valence electrons. The number of benzene rings is 3. The fraction of sp³-hybridized carbons (Fsp3) is 0.489. The second kappa shape index (κ2) is 18.5. The number of imidazole rings is 1. The zero-order valence-electron chi connectivity index (χ0n) is 35.8. The number of rotatable bonds is 16. The lowest BCUT2D eigenvalue weighted by atomic mass is 10.0. The first kappa shape index (κ1) is 44.7. The average molecular weight is 800 g/mol. The molecule has 0 radical (unpaired) electrons. The van der Waals surface area contributed by atoms with Gasteiger partial charge in [0.1, 0.15) is 5.60 Å². The van der Waals surface area contributed by atoms with Crippen molar-refractivity contribution in [3.8, 4) is 11.3 Å². The number of carbonyl (C=O) groups excluding carboxylic acids is 2. The highest BCUT2D eigenvalue weighted by atomic mass is 28.4. The van der Waals surface area contributed by atoms with Crippen LogP contribution in [0.3, 0.4) is 0 Å². The van der Waals surface area contributed by atoms with Crippen LogP contribution in [0, 0.1) is 0 Å². The summed E-state index contributed by atoms with van der Waals surface area (Å²) < 4.78 is 26.5. The van der Waals surface area contributed by atoms with Crippen molar-refractivity contribution >= 4 is 39.1 Å². The van der Waals surface area contributed by atoms with Crippen molar-refractivity contribution in [3.63, 3.8) is 0 Å². The van der Waals surface area contributed by atoms with Crippen molar-refractivity contribution in [3.05, 3.63) is 103 Å². The van der Waals surface area contributed by atoms with Crippen LogP contribution in [0.5, 0.6) is 0 Å². The maximum atomic E-state index is 13.2. The quantitative estimate of drug-likeness (QED) is 0.0892. The van der Waals surface area contributed by atoms with Crippen LogP contribution in [0.4, 0.5) is 4.79 Å². The number of carbonyl (C=O) groups is 2. The standard InChI is InChI=1S/C45H65N3O6Si2/c1-13-51-41(49)40-47-39(33-48(40)29-31-52-55(11,12)44(5,6)7)35-26-24-34(25-27-35)32-36(46-42(50)54-43(2,3)4)28-30-53-56(45(8,9)10,37-20-16-14-17-21-37)38-22-18-15-19-23-38/h14-27,33,36H,13,28-32H2,1-12H3,(H,46,50). The molecule has 1 unspecified atom stereocenters. The summed E-state index contributed by atoms with van der Waals surface area (Å²) in [7, 11) is -4.73. The summed E-state index contributed by atoms with van der Waals surface area (Å²) in [6.45, 7) is 26.9. The van der Waals surface area contributed by atoms with Gasteiger partial charge in [-0.05, 0) is 79.6 Å². The second-order valence-electron chi connectivity index (χ2n) is 18.0. The molecule has 1 N–H and O–H groups in total. The van der Waals surface area contributed by atoms with Gasteiger partial charge in [0, 0.05) is 31.0 Å². The number of hydrogen-bond acceptors (Lipinski definition) is 7. The van der Waals surface area contributed by atoms with Crippen LogP contribution in [-0.4, -0.2) is 69.7 Å². The fourth-order valence-electron chi connectivity index (χ4n) is 6.61. The van der Waals surface area contributed by atoms with Gasteiger partial charge < -0.3 is 28.2 Å². The molecule has 4 aromatic rings. The third-order valence-corrected chi connectivity index (χ3v) is 20.1. The molecule has 0 saturated carbocycles. The number of hydrogen-bond donors (Lipinski definition) is 1. The van der Waals surface area contributed by atoms with Gasteiger partial charge in [0.25, 0.3) is 8.32 Å². The smallest absolute Gasteiger partial charge is 0.407 e. The summed E-state index contributed by atoms with van der Waals surface area (Å²) in [5.41, 5.74) is 1.95. The molecule has 9 nitrogen and oxygen atoms in total. The van der Waals surface area contributed by atoms with E-state index in [4.69, 9.17) is 23.3 Å². The van der Waals surface area contributed by atoms with E-state index in [1.807, 2.05) is 67.9 Å². The molecule has 0 aliphatic rings. The highest BCUT2D eigenvalue weighted by Gasteiger charge is 2.50. The molecule has 1 atom stereocenters. The maximum absolute atomic E-state index is 13.2. The molecule has 0 aliphatic carbocycles. The Hall–Kier alpha value is -4.04. The van der Waals surface area contributed by atoms with Gasteiger partial charge in [-0.2, -0.15) is 0 Å². The summed E-state index contributed by atoms with van der Waals surface area (Å²) in [6.07, 6.45) is 2.58. The lowest BCUT2D eigenvalue weighted by Gasteiger charge is -2.43. The van der Waals surface area contributed by atoms with E-state index in [9.17, 15) is 9.59 Å². The summed E-state index contributed by atoms with van der Waals surface area (Å²) in [6, 6.07) is 29.0. The lowest BCUT2D eigenvalue weighted by Crippen LogP contribution is -2.66. The van der Waals surface area contributed by atoms with Crippen LogP contribution in [-0.2, 0) is 31.3 Å². The minimum absolute atomic E-state index is 0.0797. The van der Waals surface area contributed by atoms with Crippen molar-refractivity contribution in [2.24, 2.45) is 0 Å². The van der Waals surface area contributed by atoms with Gasteiger partial charge in [-0.15, -0.1) is 0 Å². The van der Waals surface area contributed by atoms with E-state index in [0.717, 1.165) is 11.1 Å². The fourth-order valence-corrected chi connectivity index (χ4v) is 12.2. The zero-order chi connectivity index (χ0) is 41.4. The molecule has 1 aromatic heterocycles. The molecule has 0 aliphatic heterocycles. The van der Waals surface area contributed by atoms with Crippen LogP contribution in [0.2, 0.25) is 23.2 Å². The SMILES string of the molecule is CCOC(=O)c1nc(-c2ccc(CC(CCO[Si](c3ccccc3)(c3ccccc3)C(C)(C)C)NC(=O)OC(C)(C)C)cc2)cn1CCO[Si](C)(C)C(C)(C)C. The van der Waals surface area contributed by atoms with Gasteiger partial charge >= 0.3 is 12.1 Å². The van der Waals surface area contributed by atoms with E-state index in [1.165, 1.54) is 10.4 Å². The van der Waals surface area contributed by atoms with E-state index in [0.29, 0.717) is 38.3 Å². The Morgan fingerprint density at radius 3 is 1.84 bits per heavy atom. The van der Waals surface area contributed by atoms with Crippen LogP contribution < -0.4 is 15.7 Å². The van der Waals surface area contributed by atoms with Crippen LogP contribution in [0.1, 0.15) is 91.8 Å². The number of alkyl carbamates (subject to hydrolysis) is 1. The largest absolute Gasteiger partial charge is 0.460 e. The van der Waals surface area contributed by atoms with Crippen molar-refractivity contribution in [2.45, 2.75) is 123 Å². The van der Waals surface area contributed by atoms with Crippen molar-refractivity contribution in [2.75, 3.05) is 19.8 Å². The summed E-state index contributed by atoms with van der Waals surface area (Å²) in [5.74, 6) is -0.202. The summed E-state index contributed by atoms with van der Waals surface area (Å²) in [4.78, 5) is 30.8. The molecule has 0 bridgehead atoms. The Kier molecular flexibility index (Phi) is 14.7. The number of amides is 1. The van der Waals surface area contributed by atoms with Gasteiger partial charge in [0.15, 0.2) is 8.32 Å². The van der Waals surface area contributed by atoms with Crippen molar-refractivity contribution in [1.82, 2.24) is 14.9 Å². The van der Waals surface area contributed by atoms with Gasteiger partial charge in [-0.3, -0.25) is 0 Å². The van der Waals surface area contributed by atoms with Crippen molar-refractivity contribution < 1.29 is 27.9 Å². The molecule has 3 aromatic carbocycles. The number of nitrogens with zero attached hydrogens (tertiary/aromatic N) is 2. The summed E-state index contributed by atoms with van der Waals surface area (Å²) >= 11 is 0. The van der Waals surface area contributed by atoms with E-state index in [2.05, 4.69) is 108 Å². The van der Waals surface area contributed by atoms with Gasteiger partial charge in [-0.1, -0.05) is 126 Å². The zero-order valence-corrected chi connectivity index (χ0v) is 37.8. The first-order valence-electron chi connectivity index (χ1n) is 19.9. The van der Waals surface area contributed by atoms with E-state index < -0.39 is 34.3 Å². The highest BCUT2D eigenvalue weighted by Crippen LogP contribution is 2.38. The summed E-state index contributed by atoms with van der Waals surface area (Å²) in [5, 5.41) is 5.48. The van der Waals surface area contributed by atoms with Crippen LogP contribution >= 0.6 is 0 Å². The number of nitrogens with one attached hydrogen (secondary N) is 1.